The van der Waals surface area contributed by atoms with Crippen molar-refractivity contribution in [3.63, 3.8) is 0 Å². The molecule has 0 saturated heterocycles. The normalized spacial score (nSPS) is 17.3. The van der Waals surface area contributed by atoms with E-state index in [9.17, 15) is 19.5 Å². The van der Waals surface area contributed by atoms with Crippen molar-refractivity contribution >= 4 is 52.5 Å². The van der Waals surface area contributed by atoms with Gasteiger partial charge in [-0.3, -0.25) is 14.4 Å². The Kier molecular flexibility index (Phi) is 9.10. The van der Waals surface area contributed by atoms with Crippen LogP contribution in [0.4, 0.5) is 11.4 Å². The summed E-state index contributed by atoms with van der Waals surface area (Å²) in [7, 11) is 1.53. The Hall–Kier alpha value is -3.75. The lowest BCUT2D eigenvalue weighted by atomic mass is 9.82. The quantitative estimate of drug-likeness (QED) is 0.209. The van der Waals surface area contributed by atoms with Gasteiger partial charge in [0.2, 0.25) is 11.8 Å². The van der Waals surface area contributed by atoms with Crippen LogP contribution >= 0.6 is 23.4 Å². The van der Waals surface area contributed by atoms with Crippen molar-refractivity contribution in [2.24, 2.45) is 11.8 Å². The summed E-state index contributed by atoms with van der Waals surface area (Å²) in [4.78, 5) is 38.5. The molecule has 0 aromatic heterocycles. The lowest BCUT2D eigenvalue weighted by molar-refractivity contribution is -0.146. The van der Waals surface area contributed by atoms with Crippen LogP contribution in [0.1, 0.15) is 23.7 Å². The fourth-order valence-electron chi connectivity index (χ4n) is 4.22. The smallest absolute Gasteiger partial charge is 0.307 e. The lowest BCUT2D eigenvalue weighted by Crippen LogP contribution is -2.34. The molecule has 1 aliphatic rings. The van der Waals surface area contributed by atoms with Crippen molar-refractivity contribution in [1.29, 1.82) is 0 Å². The van der Waals surface area contributed by atoms with Crippen LogP contribution in [-0.4, -0.2) is 30.0 Å². The van der Waals surface area contributed by atoms with Gasteiger partial charge in [-0.15, -0.1) is 11.8 Å². The molecule has 0 aliphatic heterocycles. The molecule has 0 heterocycles. The molecular weight excluding hydrogens is 524 g/mol. The average molecular weight is 551 g/mol. The van der Waals surface area contributed by atoms with Gasteiger partial charge < -0.3 is 20.5 Å². The number of hydrogen-bond donors (Lipinski definition) is 3. The van der Waals surface area contributed by atoms with E-state index in [1.54, 1.807) is 36.4 Å². The minimum atomic E-state index is -0.969. The Morgan fingerprint density at radius 3 is 2.21 bits per heavy atom. The van der Waals surface area contributed by atoms with Crippen molar-refractivity contribution < 1.29 is 24.2 Å². The highest BCUT2D eigenvalue weighted by Crippen LogP contribution is 2.37. The molecule has 0 spiro atoms. The highest BCUT2D eigenvalue weighted by molar-refractivity contribution is 8.00. The molecule has 3 aromatic rings. The van der Waals surface area contributed by atoms with E-state index in [0.29, 0.717) is 35.0 Å². The van der Waals surface area contributed by atoms with Crippen LogP contribution in [0.25, 0.3) is 0 Å². The fraction of sp³-hybridized carbons (Fsp3) is 0.207. The Morgan fingerprint density at radius 2 is 1.58 bits per heavy atom. The number of carbonyl (C=O) groups is 3. The fourth-order valence-corrected chi connectivity index (χ4v) is 5.50. The summed E-state index contributed by atoms with van der Waals surface area (Å²) in [5.41, 5.74) is 1.95. The third kappa shape index (κ3) is 6.76. The number of carboxylic acids is 1. The number of aliphatic carboxylic acids is 1. The Bertz CT molecular complexity index is 1330. The summed E-state index contributed by atoms with van der Waals surface area (Å²) in [6.07, 6.45) is 4.38. The van der Waals surface area contributed by atoms with Crippen molar-refractivity contribution in [3.05, 3.63) is 95.5 Å². The summed E-state index contributed by atoms with van der Waals surface area (Å²) in [5, 5.41) is 15.1. The molecule has 0 bridgehead atoms. The molecule has 0 saturated carbocycles. The van der Waals surface area contributed by atoms with Gasteiger partial charge in [0.15, 0.2) is 0 Å². The number of nitrogens with one attached hydrogen (secondary N) is 2. The van der Waals surface area contributed by atoms with E-state index < -0.39 is 23.1 Å². The van der Waals surface area contributed by atoms with E-state index in [1.807, 2.05) is 48.5 Å². The zero-order valence-corrected chi connectivity index (χ0v) is 22.2. The maximum Gasteiger partial charge on any atom is 0.307 e. The molecule has 3 atom stereocenters. The molecule has 3 aromatic carbocycles. The molecule has 1 aliphatic carbocycles. The summed E-state index contributed by atoms with van der Waals surface area (Å²) in [6, 6.07) is 21.6. The van der Waals surface area contributed by atoms with Gasteiger partial charge in [0, 0.05) is 16.3 Å². The number of allylic oxidation sites excluding steroid dienone is 2. The number of carbonyl (C=O) groups excluding carboxylic acids is 2. The van der Waals surface area contributed by atoms with Crippen molar-refractivity contribution in [3.8, 4) is 5.75 Å². The molecule has 0 radical (unpaired) electrons. The van der Waals surface area contributed by atoms with E-state index in [0.717, 1.165) is 10.5 Å². The summed E-state index contributed by atoms with van der Waals surface area (Å²) in [6.45, 7) is 0. The molecule has 7 nitrogen and oxygen atoms in total. The SMILES string of the molecule is COc1ccc(NC(=O)C(Sc2ccc(NC(=O)C3CC=CCC3C(=O)O)cc2)c2ccccc2)cc1Cl. The lowest BCUT2D eigenvalue weighted by Gasteiger charge is -2.24. The van der Waals surface area contributed by atoms with Gasteiger partial charge in [0.05, 0.1) is 24.0 Å². The molecule has 196 valence electrons. The first-order valence-electron chi connectivity index (χ1n) is 12.0. The van der Waals surface area contributed by atoms with Crippen molar-refractivity contribution in [1.82, 2.24) is 0 Å². The van der Waals surface area contributed by atoms with Crippen LogP contribution in [0, 0.1) is 11.8 Å². The predicted molar refractivity (Wildman–Crippen MR) is 150 cm³/mol. The van der Waals surface area contributed by atoms with Crippen LogP contribution in [-0.2, 0) is 14.4 Å². The second-order valence-corrected chi connectivity index (χ2v) is 10.3. The van der Waals surface area contributed by atoms with Crippen molar-refractivity contribution in [2.75, 3.05) is 17.7 Å². The van der Waals surface area contributed by atoms with Crippen molar-refractivity contribution in [2.45, 2.75) is 23.0 Å². The zero-order valence-electron chi connectivity index (χ0n) is 20.6. The number of amides is 2. The molecule has 2 amide bonds. The van der Waals surface area contributed by atoms with Gasteiger partial charge in [-0.05, 0) is 60.9 Å². The van der Waals surface area contributed by atoms with Gasteiger partial charge in [-0.2, -0.15) is 0 Å². The molecular formula is C29H27ClN2O5S. The number of methoxy groups -OCH3 is 1. The minimum absolute atomic E-state index is 0.218. The highest BCUT2D eigenvalue weighted by Gasteiger charge is 2.34. The van der Waals surface area contributed by atoms with E-state index >= 15 is 0 Å². The van der Waals surface area contributed by atoms with Crippen LogP contribution in [0.3, 0.4) is 0 Å². The molecule has 38 heavy (non-hydrogen) atoms. The van der Waals surface area contributed by atoms with E-state index in [4.69, 9.17) is 16.3 Å². The average Bonchev–Trinajstić information content (AvgIpc) is 2.93. The molecule has 9 heteroatoms. The first-order chi connectivity index (χ1) is 18.4. The summed E-state index contributed by atoms with van der Waals surface area (Å²) < 4.78 is 5.18. The van der Waals surface area contributed by atoms with Gasteiger partial charge >= 0.3 is 5.97 Å². The second-order valence-electron chi connectivity index (χ2n) is 8.75. The first kappa shape index (κ1) is 27.3. The van der Waals surface area contributed by atoms with Crippen LogP contribution in [0.5, 0.6) is 5.75 Å². The molecule has 4 rings (SSSR count). The first-order valence-corrected chi connectivity index (χ1v) is 13.3. The third-order valence-corrected chi connectivity index (χ3v) is 7.78. The van der Waals surface area contributed by atoms with Crippen LogP contribution < -0.4 is 15.4 Å². The Labute approximate surface area is 230 Å². The number of carboxylic acid groups (broad SMARTS) is 1. The second kappa shape index (κ2) is 12.7. The third-order valence-electron chi connectivity index (χ3n) is 6.22. The minimum Gasteiger partial charge on any atom is -0.495 e. The monoisotopic (exact) mass is 550 g/mol. The Balaban J connectivity index is 1.47. The number of anilines is 2. The maximum atomic E-state index is 13.3. The van der Waals surface area contributed by atoms with E-state index in [-0.39, 0.29) is 11.8 Å². The van der Waals surface area contributed by atoms with E-state index in [2.05, 4.69) is 10.6 Å². The van der Waals surface area contributed by atoms with Crippen LogP contribution in [0.15, 0.2) is 89.8 Å². The maximum absolute atomic E-state index is 13.3. The molecule has 0 fully saturated rings. The zero-order chi connectivity index (χ0) is 27.1. The number of rotatable bonds is 9. The predicted octanol–water partition coefficient (Wildman–Crippen LogP) is 6.43. The van der Waals surface area contributed by atoms with Gasteiger partial charge in [0.1, 0.15) is 11.0 Å². The molecule has 3 N–H and O–H groups in total. The van der Waals surface area contributed by atoms with Gasteiger partial charge in [-0.1, -0.05) is 54.1 Å². The number of hydrogen-bond acceptors (Lipinski definition) is 5. The summed E-state index contributed by atoms with van der Waals surface area (Å²) in [5.74, 6) is -2.34. The number of benzene rings is 3. The molecule has 3 unspecified atom stereocenters. The highest BCUT2D eigenvalue weighted by atomic mass is 35.5. The number of halogens is 1. The van der Waals surface area contributed by atoms with Gasteiger partial charge in [-0.25, -0.2) is 0 Å². The number of ether oxygens (including phenoxy) is 1. The topological polar surface area (TPSA) is 105 Å². The largest absolute Gasteiger partial charge is 0.495 e. The summed E-state index contributed by atoms with van der Waals surface area (Å²) >= 11 is 7.59. The van der Waals surface area contributed by atoms with Crippen LogP contribution in [0.2, 0.25) is 5.02 Å². The number of thioether (sulfide) groups is 1. The van der Waals surface area contributed by atoms with Gasteiger partial charge in [0.25, 0.3) is 0 Å². The Morgan fingerprint density at radius 1 is 0.921 bits per heavy atom. The van der Waals surface area contributed by atoms with E-state index in [1.165, 1.54) is 18.9 Å². The standard InChI is InChI=1S/C29H27ClN2O5S/c1-37-25-16-13-20(17-24(25)30)32-28(34)26(18-7-3-2-4-8-18)38-21-14-11-19(12-15-21)31-27(33)22-9-5-6-10-23(22)29(35)36/h2-8,11-17,22-23,26H,9-10H2,1H3,(H,31,33)(H,32,34)(H,35,36).